The number of hydrogen-bond acceptors (Lipinski definition) is 2. The largest absolute Gasteiger partial charge is 0.355 e. The zero-order valence-electron chi connectivity index (χ0n) is 9.84. The molecule has 0 aliphatic heterocycles. The summed E-state index contributed by atoms with van der Waals surface area (Å²) in [5.41, 5.74) is 5.81. The van der Waals surface area contributed by atoms with Gasteiger partial charge in [0.25, 0.3) is 0 Å². The Balaban J connectivity index is 3.54. The molecule has 0 heterocycles. The molecule has 3 N–H and O–H groups in total. The van der Waals surface area contributed by atoms with Crippen LogP contribution in [-0.2, 0) is 4.79 Å². The summed E-state index contributed by atoms with van der Waals surface area (Å²) in [4.78, 5) is 11.3. The number of carbonyl (C=O) groups excluding carboxylic acids is 1. The molecule has 14 heavy (non-hydrogen) atoms. The van der Waals surface area contributed by atoms with Gasteiger partial charge in [0.1, 0.15) is 0 Å². The van der Waals surface area contributed by atoms with Crippen LogP contribution in [0.25, 0.3) is 0 Å². The zero-order chi connectivity index (χ0) is 11.1. The maximum atomic E-state index is 11.3. The molecule has 1 unspecified atom stereocenters. The van der Waals surface area contributed by atoms with Crippen LogP contribution in [-0.4, -0.2) is 18.5 Å². The molecule has 0 aliphatic carbocycles. The Hall–Kier alpha value is -0.570. The van der Waals surface area contributed by atoms with Gasteiger partial charge in [-0.25, -0.2) is 0 Å². The van der Waals surface area contributed by atoms with E-state index in [2.05, 4.69) is 33.0 Å². The summed E-state index contributed by atoms with van der Waals surface area (Å²) >= 11 is 0. The van der Waals surface area contributed by atoms with Crippen molar-refractivity contribution in [2.75, 3.05) is 6.54 Å². The Morgan fingerprint density at radius 3 is 2.29 bits per heavy atom. The molecule has 0 fully saturated rings. The lowest BCUT2D eigenvalue weighted by atomic mass is 10.1. The van der Waals surface area contributed by atoms with Crippen LogP contribution in [0.4, 0.5) is 0 Å². The molecule has 0 aromatic rings. The summed E-state index contributed by atoms with van der Waals surface area (Å²) in [6.45, 7) is 8.95. The minimum atomic E-state index is 0.0676. The second-order valence-electron chi connectivity index (χ2n) is 4.64. The van der Waals surface area contributed by atoms with Crippen LogP contribution in [0.1, 0.15) is 40.5 Å². The quantitative estimate of drug-likeness (QED) is 0.683. The van der Waals surface area contributed by atoms with Crippen LogP contribution in [0.2, 0.25) is 0 Å². The zero-order valence-corrected chi connectivity index (χ0v) is 9.84. The SMILES string of the molecule is CC(C)CCC(=O)NCC(N)C(C)C. The van der Waals surface area contributed by atoms with Crippen LogP contribution in [0, 0.1) is 11.8 Å². The van der Waals surface area contributed by atoms with Crippen molar-refractivity contribution >= 4 is 5.91 Å². The van der Waals surface area contributed by atoms with Gasteiger partial charge in [-0.1, -0.05) is 27.7 Å². The Morgan fingerprint density at radius 1 is 1.29 bits per heavy atom. The topological polar surface area (TPSA) is 55.1 Å². The Labute approximate surface area is 87.4 Å². The first kappa shape index (κ1) is 13.4. The third-order valence-corrected chi connectivity index (χ3v) is 2.34. The number of carbonyl (C=O) groups is 1. The van der Waals surface area contributed by atoms with E-state index in [-0.39, 0.29) is 11.9 Å². The predicted molar refractivity (Wildman–Crippen MR) is 59.9 cm³/mol. The van der Waals surface area contributed by atoms with E-state index >= 15 is 0 Å². The highest BCUT2D eigenvalue weighted by Crippen LogP contribution is 2.03. The second-order valence-corrected chi connectivity index (χ2v) is 4.64. The van der Waals surface area contributed by atoms with Gasteiger partial charge in [-0.2, -0.15) is 0 Å². The monoisotopic (exact) mass is 200 g/mol. The lowest BCUT2D eigenvalue weighted by Crippen LogP contribution is -2.40. The molecule has 3 nitrogen and oxygen atoms in total. The maximum Gasteiger partial charge on any atom is 0.220 e. The highest BCUT2D eigenvalue weighted by Gasteiger charge is 2.09. The molecule has 0 aromatic carbocycles. The van der Waals surface area contributed by atoms with E-state index in [1.165, 1.54) is 0 Å². The van der Waals surface area contributed by atoms with E-state index in [0.29, 0.717) is 24.8 Å². The van der Waals surface area contributed by atoms with Crippen molar-refractivity contribution in [2.45, 2.75) is 46.6 Å². The van der Waals surface area contributed by atoms with E-state index in [9.17, 15) is 4.79 Å². The summed E-state index contributed by atoms with van der Waals surface area (Å²) in [5, 5.41) is 2.86. The van der Waals surface area contributed by atoms with Gasteiger partial charge >= 0.3 is 0 Å². The predicted octanol–water partition coefficient (Wildman–Crippen LogP) is 1.52. The molecule has 0 rings (SSSR count). The molecule has 0 aromatic heterocycles. The van der Waals surface area contributed by atoms with Gasteiger partial charge in [0.2, 0.25) is 5.91 Å². The number of hydrogen-bond donors (Lipinski definition) is 2. The molecule has 3 heteroatoms. The molecule has 84 valence electrons. The lowest BCUT2D eigenvalue weighted by Gasteiger charge is -2.16. The van der Waals surface area contributed by atoms with Crippen molar-refractivity contribution in [3.05, 3.63) is 0 Å². The van der Waals surface area contributed by atoms with E-state index < -0.39 is 0 Å². The molecule has 0 aliphatic rings. The van der Waals surface area contributed by atoms with Crippen molar-refractivity contribution in [3.8, 4) is 0 Å². The van der Waals surface area contributed by atoms with E-state index in [4.69, 9.17) is 5.73 Å². The molecule has 1 atom stereocenters. The average Bonchev–Trinajstić information content (AvgIpc) is 2.10. The normalized spacial score (nSPS) is 13.4. The van der Waals surface area contributed by atoms with E-state index in [1.807, 2.05) is 0 Å². The molecule has 0 bridgehead atoms. The number of amides is 1. The molecule has 0 radical (unpaired) electrons. The summed E-state index contributed by atoms with van der Waals surface area (Å²) in [6, 6.07) is 0.0676. The minimum Gasteiger partial charge on any atom is -0.355 e. The van der Waals surface area contributed by atoms with Crippen molar-refractivity contribution in [1.29, 1.82) is 0 Å². The fraction of sp³-hybridized carbons (Fsp3) is 0.909. The molecule has 0 saturated carbocycles. The minimum absolute atomic E-state index is 0.0676. The van der Waals surface area contributed by atoms with Crippen molar-refractivity contribution in [3.63, 3.8) is 0 Å². The van der Waals surface area contributed by atoms with Gasteiger partial charge in [0.15, 0.2) is 0 Å². The van der Waals surface area contributed by atoms with Gasteiger partial charge in [-0.15, -0.1) is 0 Å². The van der Waals surface area contributed by atoms with Gasteiger partial charge in [0, 0.05) is 19.0 Å². The molecule has 0 spiro atoms. The van der Waals surface area contributed by atoms with E-state index in [0.717, 1.165) is 6.42 Å². The third-order valence-electron chi connectivity index (χ3n) is 2.34. The number of rotatable bonds is 6. The van der Waals surface area contributed by atoms with Crippen LogP contribution in [0.3, 0.4) is 0 Å². The second kappa shape index (κ2) is 6.82. The standard InChI is InChI=1S/C11H24N2O/c1-8(2)5-6-11(14)13-7-10(12)9(3)4/h8-10H,5-7,12H2,1-4H3,(H,13,14). The van der Waals surface area contributed by atoms with Gasteiger partial charge < -0.3 is 11.1 Å². The molecule has 0 saturated heterocycles. The summed E-state index contributed by atoms with van der Waals surface area (Å²) in [6.07, 6.45) is 1.56. The van der Waals surface area contributed by atoms with Crippen LogP contribution < -0.4 is 11.1 Å². The van der Waals surface area contributed by atoms with Gasteiger partial charge in [-0.05, 0) is 18.3 Å². The summed E-state index contributed by atoms with van der Waals surface area (Å²) in [7, 11) is 0. The summed E-state index contributed by atoms with van der Waals surface area (Å²) in [5.74, 6) is 1.12. The van der Waals surface area contributed by atoms with Crippen molar-refractivity contribution in [2.24, 2.45) is 17.6 Å². The molecular formula is C11H24N2O. The fourth-order valence-electron chi connectivity index (χ4n) is 0.976. The van der Waals surface area contributed by atoms with Gasteiger partial charge in [0.05, 0.1) is 0 Å². The Bertz CT molecular complexity index is 167. The van der Waals surface area contributed by atoms with Crippen LogP contribution >= 0.6 is 0 Å². The summed E-state index contributed by atoms with van der Waals surface area (Å²) < 4.78 is 0. The third kappa shape index (κ3) is 6.89. The van der Waals surface area contributed by atoms with Gasteiger partial charge in [-0.3, -0.25) is 4.79 Å². The van der Waals surface area contributed by atoms with Crippen LogP contribution in [0.15, 0.2) is 0 Å². The number of nitrogens with one attached hydrogen (secondary N) is 1. The average molecular weight is 200 g/mol. The van der Waals surface area contributed by atoms with E-state index in [1.54, 1.807) is 0 Å². The molecule has 1 amide bonds. The first-order valence-electron chi connectivity index (χ1n) is 5.45. The number of nitrogens with two attached hydrogens (primary N) is 1. The van der Waals surface area contributed by atoms with Crippen LogP contribution in [0.5, 0.6) is 0 Å². The highest BCUT2D eigenvalue weighted by molar-refractivity contribution is 5.75. The van der Waals surface area contributed by atoms with Crippen molar-refractivity contribution < 1.29 is 4.79 Å². The fourth-order valence-corrected chi connectivity index (χ4v) is 0.976. The van der Waals surface area contributed by atoms with Crippen molar-refractivity contribution in [1.82, 2.24) is 5.32 Å². The first-order chi connectivity index (χ1) is 6.43. The molecular weight excluding hydrogens is 176 g/mol. The highest BCUT2D eigenvalue weighted by atomic mass is 16.1. The first-order valence-corrected chi connectivity index (χ1v) is 5.45. The lowest BCUT2D eigenvalue weighted by molar-refractivity contribution is -0.121. The Kier molecular flexibility index (Phi) is 6.54. The maximum absolute atomic E-state index is 11.3. The Morgan fingerprint density at radius 2 is 1.86 bits per heavy atom. The smallest absolute Gasteiger partial charge is 0.220 e.